The fourth-order valence-corrected chi connectivity index (χ4v) is 1.59. The van der Waals surface area contributed by atoms with E-state index >= 15 is 0 Å². The Kier molecular flexibility index (Phi) is 4.35. The summed E-state index contributed by atoms with van der Waals surface area (Å²) in [4.78, 5) is 0. The Morgan fingerprint density at radius 1 is 1.16 bits per heavy atom. The molecule has 0 aliphatic heterocycles. The van der Waals surface area contributed by atoms with E-state index in [1.54, 1.807) is 24.3 Å². The SMILES string of the molecule is N#Cc1cccc(NCCOc2ccc(F)cc2)c1. The predicted octanol–water partition coefficient (Wildman–Crippen LogP) is 3.19. The highest BCUT2D eigenvalue weighted by atomic mass is 19.1. The molecule has 0 heterocycles. The number of rotatable bonds is 5. The summed E-state index contributed by atoms with van der Waals surface area (Å²) in [5, 5.41) is 11.9. The molecule has 2 aromatic rings. The smallest absolute Gasteiger partial charge is 0.123 e. The number of hydrogen-bond acceptors (Lipinski definition) is 3. The molecule has 0 aliphatic carbocycles. The summed E-state index contributed by atoms with van der Waals surface area (Å²) in [6.07, 6.45) is 0. The molecule has 0 atom stereocenters. The number of nitriles is 1. The van der Waals surface area contributed by atoms with Crippen LogP contribution in [0.2, 0.25) is 0 Å². The number of benzene rings is 2. The van der Waals surface area contributed by atoms with Gasteiger partial charge in [-0.25, -0.2) is 4.39 Å². The van der Waals surface area contributed by atoms with Gasteiger partial charge in [-0.15, -0.1) is 0 Å². The molecular formula is C15H13FN2O. The van der Waals surface area contributed by atoms with Crippen molar-refractivity contribution < 1.29 is 9.13 Å². The van der Waals surface area contributed by atoms with Crippen molar-refractivity contribution in [2.45, 2.75) is 0 Å². The van der Waals surface area contributed by atoms with E-state index in [9.17, 15) is 4.39 Å². The van der Waals surface area contributed by atoms with Crippen LogP contribution >= 0.6 is 0 Å². The molecule has 0 amide bonds. The number of halogens is 1. The van der Waals surface area contributed by atoms with Gasteiger partial charge in [0.05, 0.1) is 11.6 Å². The van der Waals surface area contributed by atoms with Gasteiger partial charge in [-0.2, -0.15) is 5.26 Å². The summed E-state index contributed by atoms with van der Waals surface area (Å²) < 4.78 is 18.1. The largest absolute Gasteiger partial charge is 0.492 e. The van der Waals surface area contributed by atoms with E-state index in [1.807, 2.05) is 12.1 Å². The van der Waals surface area contributed by atoms with E-state index in [0.717, 1.165) is 5.69 Å². The maximum absolute atomic E-state index is 12.7. The Hall–Kier alpha value is -2.54. The molecule has 0 aromatic heterocycles. The van der Waals surface area contributed by atoms with E-state index in [0.29, 0.717) is 24.5 Å². The molecule has 0 spiro atoms. The van der Waals surface area contributed by atoms with Crippen LogP contribution in [0.3, 0.4) is 0 Å². The van der Waals surface area contributed by atoms with Crippen molar-refractivity contribution >= 4 is 5.69 Å². The average molecular weight is 256 g/mol. The fourth-order valence-electron chi connectivity index (χ4n) is 1.59. The third kappa shape index (κ3) is 4.00. The maximum Gasteiger partial charge on any atom is 0.123 e. The van der Waals surface area contributed by atoms with Crippen LogP contribution in [0, 0.1) is 17.1 Å². The second kappa shape index (κ2) is 6.41. The van der Waals surface area contributed by atoms with Crippen LogP contribution in [0.15, 0.2) is 48.5 Å². The van der Waals surface area contributed by atoms with E-state index in [1.165, 1.54) is 12.1 Å². The summed E-state index contributed by atoms with van der Waals surface area (Å²) in [6, 6.07) is 15.2. The first-order valence-electron chi connectivity index (χ1n) is 5.90. The minimum Gasteiger partial charge on any atom is -0.492 e. The van der Waals surface area contributed by atoms with Gasteiger partial charge < -0.3 is 10.1 Å². The fraction of sp³-hybridized carbons (Fsp3) is 0.133. The van der Waals surface area contributed by atoms with Crippen molar-refractivity contribution in [3.8, 4) is 11.8 Å². The van der Waals surface area contributed by atoms with Gasteiger partial charge in [0, 0.05) is 12.2 Å². The normalized spacial score (nSPS) is 9.68. The molecule has 3 nitrogen and oxygen atoms in total. The standard InChI is InChI=1S/C15H13FN2O/c16-13-4-6-15(7-5-13)19-9-8-18-14-3-1-2-12(10-14)11-17/h1-7,10,18H,8-9H2. The second-order valence-electron chi connectivity index (χ2n) is 3.92. The lowest BCUT2D eigenvalue weighted by molar-refractivity contribution is 0.332. The molecular weight excluding hydrogens is 243 g/mol. The van der Waals surface area contributed by atoms with Crippen molar-refractivity contribution in [2.24, 2.45) is 0 Å². The van der Waals surface area contributed by atoms with E-state index in [4.69, 9.17) is 10.00 Å². The molecule has 4 heteroatoms. The van der Waals surface area contributed by atoms with Crippen LogP contribution in [0.5, 0.6) is 5.75 Å². The minimum atomic E-state index is -0.279. The molecule has 0 bridgehead atoms. The van der Waals surface area contributed by atoms with Gasteiger partial charge in [0.15, 0.2) is 0 Å². The molecule has 0 aliphatic rings. The van der Waals surface area contributed by atoms with Crippen LogP contribution in [-0.4, -0.2) is 13.2 Å². The Bertz CT molecular complexity index is 575. The second-order valence-corrected chi connectivity index (χ2v) is 3.92. The van der Waals surface area contributed by atoms with Gasteiger partial charge in [-0.3, -0.25) is 0 Å². The average Bonchev–Trinajstić information content (AvgIpc) is 2.46. The first-order valence-corrected chi connectivity index (χ1v) is 5.90. The Labute approximate surface area is 111 Å². The summed E-state index contributed by atoms with van der Waals surface area (Å²) in [7, 11) is 0. The number of ether oxygens (including phenoxy) is 1. The van der Waals surface area contributed by atoms with Crippen molar-refractivity contribution in [3.05, 3.63) is 59.9 Å². The highest BCUT2D eigenvalue weighted by Crippen LogP contribution is 2.12. The van der Waals surface area contributed by atoms with Gasteiger partial charge in [-0.05, 0) is 42.5 Å². The van der Waals surface area contributed by atoms with E-state index in [-0.39, 0.29) is 5.82 Å². The Morgan fingerprint density at radius 2 is 1.95 bits per heavy atom. The van der Waals surface area contributed by atoms with E-state index in [2.05, 4.69) is 11.4 Å². The van der Waals surface area contributed by atoms with E-state index < -0.39 is 0 Å². The summed E-state index contributed by atoms with van der Waals surface area (Å²) >= 11 is 0. The Balaban J connectivity index is 1.77. The van der Waals surface area contributed by atoms with Crippen molar-refractivity contribution in [1.82, 2.24) is 0 Å². The summed E-state index contributed by atoms with van der Waals surface area (Å²) in [5.74, 6) is 0.354. The summed E-state index contributed by atoms with van der Waals surface area (Å²) in [6.45, 7) is 1.06. The first-order chi connectivity index (χ1) is 9.28. The number of anilines is 1. The highest BCUT2D eigenvalue weighted by molar-refractivity contribution is 5.49. The van der Waals surface area contributed by atoms with Crippen molar-refractivity contribution in [2.75, 3.05) is 18.5 Å². The van der Waals surface area contributed by atoms with Gasteiger partial charge in [0.2, 0.25) is 0 Å². The molecule has 0 unspecified atom stereocenters. The predicted molar refractivity (Wildman–Crippen MR) is 71.5 cm³/mol. The molecule has 0 saturated heterocycles. The molecule has 2 aromatic carbocycles. The molecule has 0 fully saturated rings. The van der Waals surface area contributed by atoms with Gasteiger partial charge in [0.1, 0.15) is 18.2 Å². The van der Waals surface area contributed by atoms with Gasteiger partial charge in [0.25, 0.3) is 0 Å². The van der Waals surface area contributed by atoms with Crippen LogP contribution in [0.25, 0.3) is 0 Å². The topological polar surface area (TPSA) is 45.0 Å². The van der Waals surface area contributed by atoms with Crippen LogP contribution in [0.1, 0.15) is 5.56 Å². The number of hydrogen-bond donors (Lipinski definition) is 1. The van der Waals surface area contributed by atoms with Crippen LogP contribution in [-0.2, 0) is 0 Å². The third-order valence-electron chi connectivity index (χ3n) is 2.51. The zero-order valence-electron chi connectivity index (χ0n) is 10.3. The zero-order chi connectivity index (χ0) is 13.5. The highest BCUT2D eigenvalue weighted by Gasteiger charge is 1.96. The Morgan fingerprint density at radius 3 is 2.68 bits per heavy atom. The lowest BCUT2D eigenvalue weighted by Gasteiger charge is -2.08. The minimum absolute atomic E-state index is 0.279. The van der Waals surface area contributed by atoms with Crippen LogP contribution < -0.4 is 10.1 Å². The molecule has 96 valence electrons. The van der Waals surface area contributed by atoms with Gasteiger partial charge in [-0.1, -0.05) is 6.07 Å². The molecule has 0 saturated carbocycles. The lowest BCUT2D eigenvalue weighted by Crippen LogP contribution is -2.11. The van der Waals surface area contributed by atoms with Crippen LogP contribution in [0.4, 0.5) is 10.1 Å². The number of nitrogens with one attached hydrogen (secondary N) is 1. The molecule has 2 rings (SSSR count). The lowest BCUT2D eigenvalue weighted by atomic mass is 10.2. The quantitative estimate of drug-likeness (QED) is 0.835. The molecule has 0 radical (unpaired) electrons. The van der Waals surface area contributed by atoms with Gasteiger partial charge >= 0.3 is 0 Å². The summed E-state index contributed by atoms with van der Waals surface area (Å²) in [5.41, 5.74) is 1.49. The maximum atomic E-state index is 12.7. The molecule has 1 N–H and O–H groups in total. The molecule has 19 heavy (non-hydrogen) atoms. The van der Waals surface area contributed by atoms with Crippen molar-refractivity contribution in [3.63, 3.8) is 0 Å². The third-order valence-corrected chi connectivity index (χ3v) is 2.51. The number of nitrogens with zero attached hydrogens (tertiary/aromatic N) is 1. The first kappa shape index (κ1) is 12.9. The van der Waals surface area contributed by atoms with Crippen molar-refractivity contribution in [1.29, 1.82) is 5.26 Å². The monoisotopic (exact) mass is 256 g/mol. The zero-order valence-corrected chi connectivity index (χ0v) is 10.3.